The summed E-state index contributed by atoms with van der Waals surface area (Å²) in [5, 5.41) is 14.7. The van der Waals surface area contributed by atoms with Crippen LogP contribution in [0, 0.1) is 0 Å². The van der Waals surface area contributed by atoms with Crippen LogP contribution >= 0.6 is 11.3 Å². The molecule has 0 aromatic carbocycles. The number of morpholine rings is 1. The van der Waals surface area contributed by atoms with Crippen molar-refractivity contribution in [2.45, 2.75) is 31.6 Å². The molecule has 0 amide bonds. The molecule has 2 aromatic rings. The molecule has 20 heavy (non-hydrogen) atoms. The maximum absolute atomic E-state index is 5.84. The van der Waals surface area contributed by atoms with E-state index in [1.54, 1.807) is 16.1 Å². The zero-order valence-electron chi connectivity index (χ0n) is 11.2. The summed E-state index contributed by atoms with van der Waals surface area (Å²) in [6.45, 7) is 3.85. The molecule has 2 aliphatic rings. The largest absolute Gasteiger partial charge is 0.372 e. The van der Waals surface area contributed by atoms with Gasteiger partial charge in [-0.1, -0.05) is 6.07 Å². The van der Waals surface area contributed by atoms with Gasteiger partial charge in [0.1, 0.15) is 0 Å². The van der Waals surface area contributed by atoms with Crippen molar-refractivity contribution in [3.8, 4) is 10.7 Å². The summed E-state index contributed by atoms with van der Waals surface area (Å²) in [5.74, 6) is 0.724. The van der Waals surface area contributed by atoms with E-state index in [1.807, 2.05) is 17.5 Å². The van der Waals surface area contributed by atoms with Crippen molar-refractivity contribution in [1.82, 2.24) is 25.1 Å². The standard InChI is InChI=1S/C13H17N5OS/c1-2-12(20-7-1)13-14-16-18(15-13)6-5-17-8-10-3-4-11(9-17)19-10/h1-2,7,10-11H,3-6,8-9H2. The average Bonchev–Trinajstić information content (AvgIpc) is 3.17. The number of rotatable bonds is 4. The summed E-state index contributed by atoms with van der Waals surface area (Å²) in [4.78, 5) is 5.23. The summed E-state index contributed by atoms with van der Waals surface area (Å²) >= 11 is 1.64. The second kappa shape index (κ2) is 5.23. The van der Waals surface area contributed by atoms with E-state index in [1.165, 1.54) is 12.8 Å². The number of hydrogen-bond acceptors (Lipinski definition) is 6. The number of thiophene rings is 1. The molecule has 0 spiro atoms. The van der Waals surface area contributed by atoms with Crippen molar-refractivity contribution >= 4 is 11.3 Å². The van der Waals surface area contributed by atoms with Gasteiger partial charge in [0, 0.05) is 19.6 Å². The molecule has 2 saturated heterocycles. The van der Waals surface area contributed by atoms with Crippen molar-refractivity contribution < 1.29 is 4.74 Å². The van der Waals surface area contributed by atoms with Gasteiger partial charge in [0.05, 0.1) is 23.6 Å². The number of tetrazole rings is 1. The monoisotopic (exact) mass is 291 g/mol. The molecule has 2 atom stereocenters. The van der Waals surface area contributed by atoms with Gasteiger partial charge in [-0.15, -0.1) is 21.5 Å². The van der Waals surface area contributed by atoms with E-state index in [0.717, 1.165) is 36.9 Å². The highest BCUT2D eigenvalue weighted by molar-refractivity contribution is 7.13. The van der Waals surface area contributed by atoms with Gasteiger partial charge < -0.3 is 4.74 Å². The SMILES string of the molecule is c1csc(-c2nnn(CCN3CC4CCC(C3)O4)n2)c1. The number of nitrogens with zero attached hydrogens (tertiary/aromatic N) is 5. The number of hydrogen-bond donors (Lipinski definition) is 0. The molecule has 2 unspecified atom stereocenters. The van der Waals surface area contributed by atoms with Crippen LogP contribution < -0.4 is 0 Å². The minimum atomic E-state index is 0.444. The van der Waals surface area contributed by atoms with E-state index in [0.29, 0.717) is 12.2 Å². The van der Waals surface area contributed by atoms with Crippen molar-refractivity contribution in [3.63, 3.8) is 0 Å². The summed E-state index contributed by atoms with van der Waals surface area (Å²) in [6.07, 6.45) is 3.31. The number of aromatic nitrogens is 4. The van der Waals surface area contributed by atoms with E-state index in [-0.39, 0.29) is 0 Å². The molecule has 106 valence electrons. The van der Waals surface area contributed by atoms with Gasteiger partial charge in [-0.3, -0.25) is 4.90 Å². The fourth-order valence-electron chi connectivity index (χ4n) is 2.96. The quantitative estimate of drug-likeness (QED) is 0.849. The molecule has 2 aromatic heterocycles. The molecule has 2 aliphatic heterocycles. The van der Waals surface area contributed by atoms with Gasteiger partial charge in [0.15, 0.2) is 0 Å². The predicted molar refractivity (Wildman–Crippen MR) is 75.5 cm³/mol. The first-order chi connectivity index (χ1) is 9.87. The van der Waals surface area contributed by atoms with E-state index < -0.39 is 0 Å². The van der Waals surface area contributed by atoms with Crippen LogP contribution in [-0.4, -0.2) is 56.9 Å². The lowest BCUT2D eigenvalue weighted by Gasteiger charge is -2.31. The molecule has 4 rings (SSSR count). The maximum Gasteiger partial charge on any atom is 0.214 e. The summed E-state index contributed by atoms with van der Waals surface area (Å²) in [7, 11) is 0. The Bertz CT molecular complexity index is 557. The van der Waals surface area contributed by atoms with Crippen LogP contribution in [0.2, 0.25) is 0 Å². The first-order valence-corrected chi connectivity index (χ1v) is 7.94. The Kier molecular flexibility index (Phi) is 3.25. The fraction of sp³-hybridized carbons (Fsp3) is 0.615. The molecule has 0 N–H and O–H groups in total. The Morgan fingerprint density at radius 3 is 2.85 bits per heavy atom. The number of ether oxygens (including phenoxy) is 1. The highest BCUT2D eigenvalue weighted by Gasteiger charge is 2.33. The van der Waals surface area contributed by atoms with E-state index in [9.17, 15) is 0 Å². The normalized spacial score (nSPS) is 26.2. The molecule has 0 radical (unpaired) electrons. The van der Waals surface area contributed by atoms with Crippen molar-refractivity contribution in [1.29, 1.82) is 0 Å². The second-order valence-corrected chi connectivity index (χ2v) is 6.35. The molecule has 6 nitrogen and oxygen atoms in total. The van der Waals surface area contributed by atoms with Crippen molar-refractivity contribution in [2.24, 2.45) is 0 Å². The third kappa shape index (κ3) is 2.48. The molecule has 2 fully saturated rings. The van der Waals surface area contributed by atoms with Crippen LogP contribution in [0.1, 0.15) is 12.8 Å². The molecular formula is C13H17N5OS. The molecule has 2 bridgehead atoms. The van der Waals surface area contributed by atoms with E-state index in [4.69, 9.17) is 4.74 Å². The minimum Gasteiger partial charge on any atom is -0.372 e. The van der Waals surface area contributed by atoms with Crippen LogP contribution in [0.4, 0.5) is 0 Å². The van der Waals surface area contributed by atoms with E-state index >= 15 is 0 Å². The predicted octanol–water partition coefficient (Wildman–Crippen LogP) is 1.26. The Labute approximate surface area is 121 Å². The molecule has 0 saturated carbocycles. The first kappa shape index (κ1) is 12.4. The zero-order valence-corrected chi connectivity index (χ0v) is 12.0. The summed E-state index contributed by atoms with van der Waals surface area (Å²) < 4.78 is 5.84. The first-order valence-electron chi connectivity index (χ1n) is 7.06. The molecule has 7 heteroatoms. The fourth-order valence-corrected chi connectivity index (χ4v) is 3.60. The van der Waals surface area contributed by atoms with Gasteiger partial charge in [0.2, 0.25) is 5.82 Å². The Hall–Kier alpha value is -1.31. The number of fused-ring (bicyclic) bond motifs is 2. The van der Waals surface area contributed by atoms with Gasteiger partial charge in [-0.2, -0.15) is 4.80 Å². The maximum atomic E-state index is 5.84. The topological polar surface area (TPSA) is 56.1 Å². The lowest BCUT2D eigenvalue weighted by molar-refractivity contribution is -0.0395. The van der Waals surface area contributed by atoms with Crippen LogP contribution in [0.3, 0.4) is 0 Å². The van der Waals surface area contributed by atoms with Gasteiger partial charge in [-0.25, -0.2) is 0 Å². The Morgan fingerprint density at radius 2 is 2.10 bits per heavy atom. The molecule has 4 heterocycles. The van der Waals surface area contributed by atoms with Crippen molar-refractivity contribution in [3.05, 3.63) is 17.5 Å². The third-order valence-corrected chi connectivity index (χ3v) is 4.80. The number of likely N-dealkylation sites (tertiary alicyclic amines) is 1. The zero-order chi connectivity index (χ0) is 13.4. The highest BCUT2D eigenvalue weighted by atomic mass is 32.1. The van der Waals surface area contributed by atoms with Crippen molar-refractivity contribution in [2.75, 3.05) is 19.6 Å². The second-order valence-electron chi connectivity index (χ2n) is 5.40. The smallest absolute Gasteiger partial charge is 0.214 e. The van der Waals surface area contributed by atoms with Crippen LogP contribution in [-0.2, 0) is 11.3 Å². The van der Waals surface area contributed by atoms with Crippen LogP contribution in [0.15, 0.2) is 17.5 Å². The minimum absolute atomic E-state index is 0.444. The third-order valence-electron chi connectivity index (χ3n) is 3.93. The lowest BCUT2D eigenvalue weighted by Crippen LogP contribution is -2.43. The highest BCUT2D eigenvalue weighted by Crippen LogP contribution is 2.26. The average molecular weight is 291 g/mol. The summed E-state index contributed by atoms with van der Waals surface area (Å²) in [6, 6.07) is 4.02. The molecule has 0 aliphatic carbocycles. The van der Waals surface area contributed by atoms with Gasteiger partial charge in [0.25, 0.3) is 0 Å². The van der Waals surface area contributed by atoms with Crippen LogP contribution in [0.25, 0.3) is 10.7 Å². The summed E-state index contributed by atoms with van der Waals surface area (Å²) in [5.41, 5.74) is 0. The Morgan fingerprint density at radius 1 is 1.25 bits per heavy atom. The van der Waals surface area contributed by atoms with Crippen LogP contribution in [0.5, 0.6) is 0 Å². The van der Waals surface area contributed by atoms with E-state index in [2.05, 4.69) is 20.3 Å². The van der Waals surface area contributed by atoms with Gasteiger partial charge in [-0.05, 0) is 29.5 Å². The lowest BCUT2D eigenvalue weighted by atomic mass is 10.2. The van der Waals surface area contributed by atoms with Gasteiger partial charge >= 0.3 is 0 Å². The molecular weight excluding hydrogens is 274 g/mol. The Balaban J connectivity index is 1.36.